The average Bonchev–Trinajstić information content (AvgIpc) is 3.23. The van der Waals surface area contributed by atoms with Crippen LogP contribution in [0.25, 0.3) is 11.0 Å². The van der Waals surface area contributed by atoms with Crippen LogP contribution < -0.4 is 15.5 Å². The molecule has 3 N–H and O–H groups in total. The van der Waals surface area contributed by atoms with Gasteiger partial charge in [0.25, 0.3) is 0 Å². The Morgan fingerprint density at radius 2 is 2.00 bits per heavy atom. The maximum atomic E-state index is 12.8. The number of thioether (sulfide) groups is 1. The molecule has 0 aliphatic carbocycles. The van der Waals surface area contributed by atoms with E-state index in [1.165, 1.54) is 11.8 Å². The number of benzene rings is 1. The van der Waals surface area contributed by atoms with Gasteiger partial charge in [-0.3, -0.25) is 14.5 Å². The molecule has 0 unspecified atom stereocenters. The van der Waals surface area contributed by atoms with Gasteiger partial charge in [0.2, 0.25) is 11.9 Å². The van der Waals surface area contributed by atoms with Crippen molar-refractivity contribution in [1.82, 2.24) is 20.2 Å². The van der Waals surface area contributed by atoms with Crippen LogP contribution in [0, 0.1) is 0 Å². The molecule has 2 aromatic rings. The highest BCUT2D eigenvalue weighted by atomic mass is 32.2. The van der Waals surface area contributed by atoms with E-state index in [1.807, 2.05) is 35.1 Å². The minimum Gasteiger partial charge on any atom is -0.480 e. The van der Waals surface area contributed by atoms with Gasteiger partial charge < -0.3 is 20.3 Å². The lowest BCUT2D eigenvalue weighted by Gasteiger charge is -2.22. The second kappa shape index (κ2) is 8.51. The molecule has 2 heterocycles. The molecule has 150 valence electrons. The normalized spacial score (nSPS) is 15.1. The van der Waals surface area contributed by atoms with E-state index >= 15 is 0 Å². The van der Waals surface area contributed by atoms with Gasteiger partial charge in [0.15, 0.2) is 0 Å². The van der Waals surface area contributed by atoms with Crippen molar-refractivity contribution >= 4 is 46.7 Å². The number of amides is 3. The molecule has 2 atom stereocenters. The van der Waals surface area contributed by atoms with Gasteiger partial charge in [0.1, 0.15) is 12.1 Å². The van der Waals surface area contributed by atoms with Crippen molar-refractivity contribution in [2.24, 2.45) is 0 Å². The monoisotopic (exact) mass is 405 g/mol. The molecule has 3 amide bonds. The minimum atomic E-state index is -1.13. The van der Waals surface area contributed by atoms with E-state index < -0.39 is 30.0 Å². The first-order valence-electron chi connectivity index (χ1n) is 8.97. The number of carboxylic acids is 1. The number of anilines is 1. The van der Waals surface area contributed by atoms with E-state index in [-0.39, 0.29) is 0 Å². The van der Waals surface area contributed by atoms with Gasteiger partial charge in [-0.2, -0.15) is 11.8 Å². The standard InChI is InChI=1S/C18H23N5O4S/c1-11(16(25)26)19-15(24)13(7-10-28-2)21-18(27)23-9-8-22-14-6-4-3-5-12(14)20-17(22)23/h3-6,11,13H,7-10H2,1-2H3,(H,19,24)(H,21,27)(H,25,26)/t11-,13+/m1/s1. The van der Waals surface area contributed by atoms with Crippen molar-refractivity contribution in [3.63, 3.8) is 0 Å². The molecule has 9 nitrogen and oxygen atoms in total. The number of nitrogens with one attached hydrogen (secondary N) is 2. The Labute approximate surface area is 166 Å². The van der Waals surface area contributed by atoms with Crippen molar-refractivity contribution in [3.8, 4) is 0 Å². The summed E-state index contributed by atoms with van der Waals surface area (Å²) in [7, 11) is 0. The number of urea groups is 1. The maximum absolute atomic E-state index is 12.8. The molecule has 3 rings (SSSR count). The molecule has 1 aliphatic heterocycles. The number of imidazole rings is 1. The van der Waals surface area contributed by atoms with Gasteiger partial charge in [0.05, 0.1) is 11.0 Å². The number of rotatable bonds is 7. The highest BCUT2D eigenvalue weighted by molar-refractivity contribution is 7.98. The molecule has 1 aromatic heterocycles. The van der Waals surface area contributed by atoms with Crippen LogP contribution in [0.2, 0.25) is 0 Å². The summed E-state index contributed by atoms with van der Waals surface area (Å²) < 4.78 is 1.97. The highest BCUT2D eigenvalue weighted by Crippen LogP contribution is 2.27. The summed E-state index contributed by atoms with van der Waals surface area (Å²) in [5.74, 6) is -0.443. The van der Waals surface area contributed by atoms with Crippen LogP contribution in [0.3, 0.4) is 0 Å². The fourth-order valence-electron chi connectivity index (χ4n) is 3.09. The summed E-state index contributed by atoms with van der Waals surface area (Å²) >= 11 is 1.55. The lowest BCUT2D eigenvalue weighted by Crippen LogP contribution is -2.53. The first kappa shape index (κ1) is 20.0. The predicted octanol–water partition coefficient (Wildman–Crippen LogP) is 1.28. The molecule has 0 saturated heterocycles. The fraction of sp³-hybridized carbons (Fsp3) is 0.444. The molecule has 0 radical (unpaired) electrons. The van der Waals surface area contributed by atoms with E-state index in [0.29, 0.717) is 31.2 Å². The second-order valence-corrected chi connectivity index (χ2v) is 7.54. The molecule has 28 heavy (non-hydrogen) atoms. The largest absolute Gasteiger partial charge is 0.480 e. The van der Waals surface area contributed by atoms with Crippen LogP contribution in [-0.2, 0) is 16.1 Å². The van der Waals surface area contributed by atoms with Gasteiger partial charge in [-0.1, -0.05) is 12.1 Å². The zero-order valence-electron chi connectivity index (χ0n) is 15.7. The summed E-state index contributed by atoms with van der Waals surface area (Å²) in [6, 6.07) is 5.39. The minimum absolute atomic E-state index is 0.398. The molecule has 0 bridgehead atoms. The Kier molecular flexibility index (Phi) is 6.08. The second-order valence-electron chi connectivity index (χ2n) is 6.56. The third-order valence-corrected chi connectivity index (χ3v) is 5.27. The summed E-state index contributed by atoms with van der Waals surface area (Å²) in [4.78, 5) is 42.3. The Morgan fingerprint density at radius 3 is 2.71 bits per heavy atom. The zero-order chi connectivity index (χ0) is 20.3. The predicted molar refractivity (Wildman–Crippen MR) is 108 cm³/mol. The lowest BCUT2D eigenvalue weighted by atomic mass is 10.2. The van der Waals surface area contributed by atoms with Gasteiger partial charge >= 0.3 is 12.0 Å². The number of aliphatic carboxylic acids is 1. The Hall–Kier alpha value is -2.75. The van der Waals surface area contributed by atoms with E-state index in [0.717, 1.165) is 11.0 Å². The number of aromatic nitrogens is 2. The van der Waals surface area contributed by atoms with Crippen LogP contribution in [0.5, 0.6) is 0 Å². The number of hydrogen-bond donors (Lipinski definition) is 3. The molecule has 0 spiro atoms. The van der Waals surface area contributed by atoms with Gasteiger partial charge in [-0.05, 0) is 37.5 Å². The molecule has 10 heteroatoms. The number of nitrogens with zero attached hydrogens (tertiary/aromatic N) is 3. The van der Waals surface area contributed by atoms with Crippen molar-refractivity contribution in [3.05, 3.63) is 24.3 Å². The van der Waals surface area contributed by atoms with E-state index in [4.69, 9.17) is 5.11 Å². The van der Waals surface area contributed by atoms with Gasteiger partial charge in [-0.25, -0.2) is 9.78 Å². The van der Waals surface area contributed by atoms with Gasteiger partial charge in [0, 0.05) is 13.1 Å². The lowest BCUT2D eigenvalue weighted by molar-refractivity contribution is -0.141. The van der Waals surface area contributed by atoms with Crippen LogP contribution in [0.15, 0.2) is 24.3 Å². The summed E-state index contributed by atoms with van der Waals surface area (Å²) in [6.07, 6.45) is 2.30. The van der Waals surface area contributed by atoms with Crippen molar-refractivity contribution in [2.75, 3.05) is 23.5 Å². The molecule has 0 fully saturated rings. The van der Waals surface area contributed by atoms with E-state index in [9.17, 15) is 14.4 Å². The number of carbonyl (C=O) groups is 3. The third kappa shape index (κ3) is 4.06. The van der Waals surface area contributed by atoms with Crippen LogP contribution in [0.4, 0.5) is 10.7 Å². The van der Waals surface area contributed by atoms with Crippen LogP contribution in [-0.4, -0.2) is 63.2 Å². The van der Waals surface area contributed by atoms with Crippen molar-refractivity contribution in [1.29, 1.82) is 0 Å². The summed E-state index contributed by atoms with van der Waals surface area (Å²) in [5, 5.41) is 14.2. The molecule has 0 saturated carbocycles. The Morgan fingerprint density at radius 1 is 1.25 bits per heavy atom. The summed E-state index contributed by atoms with van der Waals surface area (Å²) in [5.41, 5.74) is 1.77. The van der Waals surface area contributed by atoms with Crippen molar-refractivity contribution < 1.29 is 19.5 Å². The topological polar surface area (TPSA) is 117 Å². The number of carboxylic acid groups (broad SMARTS) is 1. The smallest absolute Gasteiger partial charge is 0.325 e. The fourth-order valence-corrected chi connectivity index (χ4v) is 3.56. The molecular weight excluding hydrogens is 382 g/mol. The highest BCUT2D eigenvalue weighted by Gasteiger charge is 2.31. The summed E-state index contributed by atoms with van der Waals surface area (Å²) in [6.45, 7) is 2.47. The number of para-hydroxylation sites is 2. The number of carbonyl (C=O) groups excluding carboxylic acids is 2. The van der Waals surface area contributed by atoms with Gasteiger partial charge in [-0.15, -0.1) is 0 Å². The molecule has 1 aromatic carbocycles. The van der Waals surface area contributed by atoms with Crippen LogP contribution >= 0.6 is 11.8 Å². The first-order chi connectivity index (χ1) is 13.4. The number of fused-ring (bicyclic) bond motifs is 3. The quantitative estimate of drug-likeness (QED) is 0.639. The van der Waals surface area contributed by atoms with E-state index in [1.54, 1.807) is 11.8 Å². The Balaban J connectivity index is 1.74. The molecule has 1 aliphatic rings. The molecular formula is C18H23N5O4S. The van der Waals surface area contributed by atoms with Crippen LogP contribution in [0.1, 0.15) is 13.3 Å². The Bertz CT molecular complexity index is 899. The first-order valence-corrected chi connectivity index (χ1v) is 10.4. The van der Waals surface area contributed by atoms with E-state index in [2.05, 4.69) is 15.6 Å². The van der Waals surface area contributed by atoms with Crippen molar-refractivity contribution in [2.45, 2.75) is 32.0 Å². The third-order valence-electron chi connectivity index (χ3n) is 4.62. The zero-order valence-corrected chi connectivity index (χ0v) is 16.5. The average molecular weight is 405 g/mol. The number of hydrogen-bond acceptors (Lipinski definition) is 5. The maximum Gasteiger partial charge on any atom is 0.325 e. The SMILES string of the molecule is CSCC[C@H](NC(=O)N1CCn2c1nc1ccccc12)C(=O)N[C@H](C)C(=O)O.